The molecule has 0 spiro atoms. The smallest absolute Gasteiger partial charge is 0.00902 e. The van der Waals surface area contributed by atoms with E-state index in [0.29, 0.717) is 12.0 Å². The molecule has 0 aromatic heterocycles. The molecular formula is C17H29N. The van der Waals surface area contributed by atoms with Crippen LogP contribution in [-0.2, 0) is 11.8 Å². The Kier molecular flexibility index (Phi) is 5.40. The van der Waals surface area contributed by atoms with Crippen LogP contribution in [0.15, 0.2) is 24.3 Å². The molecule has 1 nitrogen and oxygen atoms in total. The zero-order chi connectivity index (χ0) is 13.8. The molecule has 0 fully saturated rings. The van der Waals surface area contributed by atoms with E-state index in [-0.39, 0.29) is 5.41 Å². The van der Waals surface area contributed by atoms with Crippen LogP contribution in [0.25, 0.3) is 0 Å². The Hall–Kier alpha value is -0.820. The Balaban J connectivity index is 2.59. The molecule has 1 heteroatoms. The lowest BCUT2D eigenvalue weighted by Gasteiger charge is -2.21. The van der Waals surface area contributed by atoms with E-state index in [1.807, 2.05) is 0 Å². The van der Waals surface area contributed by atoms with Crippen molar-refractivity contribution in [2.75, 3.05) is 7.05 Å². The summed E-state index contributed by atoms with van der Waals surface area (Å²) < 4.78 is 0. The van der Waals surface area contributed by atoms with Gasteiger partial charge in [0.25, 0.3) is 0 Å². The summed E-state index contributed by atoms with van der Waals surface area (Å²) >= 11 is 0. The van der Waals surface area contributed by atoms with Crippen LogP contribution in [-0.4, -0.2) is 13.1 Å². The van der Waals surface area contributed by atoms with Crippen molar-refractivity contribution in [2.24, 2.45) is 5.92 Å². The van der Waals surface area contributed by atoms with Crippen LogP contribution in [0.3, 0.4) is 0 Å². The average molecular weight is 247 g/mol. The van der Waals surface area contributed by atoms with Gasteiger partial charge in [0.15, 0.2) is 0 Å². The topological polar surface area (TPSA) is 12.0 Å². The van der Waals surface area contributed by atoms with Crippen molar-refractivity contribution < 1.29 is 0 Å². The highest BCUT2D eigenvalue weighted by Crippen LogP contribution is 2.22. The highest BCUT2D eigenvalue weighted by molar-refractivity contribution is 5.27. The fraction of sp³-hybridized carbons (Fsp3) is 0.647. The van der Waals surface area contributed by atoms with Gasteiger partial charge < -0.3 is 5.32 Å². The Morgan fingerprint density at radius 2 is 1.61 bits per heavy atom. The summed E-state index contributed by atoms with van der Waals surface area (Å²) in [7, 11) is 2.06. The molecule has 0 aliphatic heterocycles. The van der Waals surface area contributed by atoms with Crippen molar-refractivity contribution in [2.45, 2.75) is 58.9 Å². The van der Waals surface area contributed by atoms with Crippen molar-refractivity contribution in [1.29, 1.82) is 0 Å². The van der Waals surface area contributed by atoms with Gasteiger partial charge >= 0.3 is 0 Å². The largest absolute Gasteiger partial charge is 0.317 e. The molecule has 1 aromatic rings. The third-order valence-corrected chi connectivity index (χ3v) is 3.74. The summed E-state index contributed by atoms with van der Waals surface area (Å²) in [6, 6.07) is 9.74. The molecular weight excluding hydrogens is 218 g/mol. The second-order valence-electron chi connectivity index (χ2n) is 6.62. The maximum absolute atomic E-state index is 3.41. The second kappa shape index (κ2) is 6.38. The molecule has 0 saturated carbocycles. The molecule has 0 heterocycles. The number of hydrogen-bond acceptors (Lipinski definition) is 1. The number of nitrogens with one attached hydrogen (secondary N) is 1. The third kappa shape index (κ3) is 4.45. The Bertz CT molecular complexity index is 343. The van der Waals surface area contributed by atoms with Crippen LogP contribution in [0.2, 0.25) is 0 Å². The third-order valence-electron chi connectivity index (χ3n) is 3.74. The van der Waals surface area contributed by atoms with Gasteiger partial charge in [-0.2, -0.15) is 0 Å². The van der Waals surface area contributed by atoms with Crippen LogP contribution in [0, 0.1) is 5.92 Å². The van der Waals surface area contributed by atoms with E-state index in [1.54, 1.807) is 0 Å². The van der Waals surface area contributed by atoms with Crippen LogP contribution in [0.4, 0.5) is 0 Å². The van der Waals surface area contributed by atoms with Gasteiger partial charge in [0.05, 0.1) is 0 Å². The molecule has 1 unspecified atom stereocenters. The molecule has 0 aliphatic rings. The van der Waals surface area contributed by atoms with Crippen molar-refractivity contribution in [3.8, 4) is 0 Å². The standard InChI is InChI=1S/C17H29N/c1-13(2)16(18-6)12-9-14-7-10-15(11-8-14)17(3,4)5/h7-8,10-11,13,16,18H,9,12H2,1-6H3. The maximum atomic E-state index is 3.41. The fourth-order valence-electron chi connectivity index (χ4n) is 2.30. The highest BCUT2D eigenvalue weighted by atomic mass is 14.9. The van der Waals surface area contributed by atoms with E-state index in [9.17, 15) is 0 Å². The quantitative estimate of drug-likeness (QED) is 0.824. The van der Waals surface area contributed by atoms with Gasteiger partial charge in [-0.05, 0) is 42.3 Å². The van der Waals surface area contributed by atoms with Gasteiger partial charge in [-0.1, -0.05) is 58.9 Å². The summed E-state index contributed by atoms with van der Waals surface area (Å²) in [6.07, 6.45) is 2.37. The van der Waals surface area contributed by atoms with Crippen LogP contribution < -0.4 is 5.32 Å². The summed E-state index contributed by atoms with van der Waals surface area (Å²) in [4.78, 5) is 0. The fourth-order valence-corrected chi connectivity index (χ4v) is 2.30. The van der Waals surface area contributed by atoms with E-state index in [0.717, 1.165) is 6.42 Å². The lowest BCUT2D eigenvalue weighted by molar-refractivity contribution is 0.403. The van der Waals surface area contributed by atoms with E-state index < -0.39 is 0 Å². The van der Waals surface area contributed by atoms with Gasteiger partial charge in [-0.3, -0.25) is 0 Å². The van der Waals surface area contributed by atoms with Crippen molar-refractivity contribution in [3.63, 3.8) is 0 Å². The minimum Gasteiger partial charge on any atom is -0.317 e. The normalized spacial score (nSPS) is 13.9. The zero-order valence-electron chi connectivity index (χ0n) is 12.9. The SMILES string of the molecule is CNC(CCc1ccc(C(C)(C)C)cc1)C(C)C. The Morgan fingerprint density at radius 1 is 1.06 bits per heavy atom. The first-order chi connectivity index (χ1) is 8.34. The Labute approximate surface area is 113 Å². The lowest BCUT2D eigenvalue weighted by Crippen LogP contribution is -2.31. The molecule has 1 aromatic carbocycles. The second-order valence-corrected chi connectivity index (χ2v) is 6.62. The summed E-state index contributed by atoms with van der Waals surface area (Å²) in [5, 5.41) is 3.41. The molecule has 1 N–H and O–H groups in total. The molecule has 1 rings (SSSR count). The van der Waals surface area contributed by atoms with E-state index >= 15 is 0 Å². The van der Waals surface area contributed by atoms with Crippen molar-refractivity contribution >= 4 is 0 Å². The number of hydrogen-bond donors (Lipinski definition) is 1. The van der Waals surface area contributed by atoms with Crippen molar-refractivity contribution in [3.05, 3.63) is 35.4 Å². The van der Waals surface area contributed by atoms with Gasteiger partial charge in [-0.15, -0.1) is 0 Å². The van der Waals surface area contributed by atoms with Gasteiger partial charge in [0, 0.05) is 6.04 Å². The Morgan fingerprint density at radius 3 is 2.00 bits per heavy atom. The maximum Gasteiger partial charge on any atom is 0.00902 e. The molecule has 0 aliphatic carbocycles. The summed E-state index contributed by atoms with van der Waals surface area (Å²) in [5.74, 6) is 0.698. The molecule has 0 bridgehead atoms. The molecule has 0 radical (unpaired) electrons. The van der Waals surface area contributed by atoms with Crippen LogP contribution >= 0.6 is 0 Å². The van der Waals surface area contributed by atoms with Crippen LogP contribution in [0.1, 0.15) is 52.2 Å². The highest BCUT2D eigenvalue weighted by Gasteiger charge is 2.13. The summed E-state index contributed by atoms with van der Waals surface area (Å²) in [5.41, 5.74) is 3.12. The molecule has 1 atom stereocenters. The van der Waals surface area contributed by atoms with Crippen molar-refractivity contribution in [1.82, 2.24) is 5.32 Å². The van der Waals surface area contributed by atoms with Gasteiger partial charge in [-0.25, -0.2) is 0 Å². The first kappa shape index (κ1) is 15.2. The molecule has 0 amide bonds. The van der Waals surface area contributed by atoms with E-state index in [1.165, 1.54) is 17.5 Å². The van der Waals surface area contributed by atoms with E-state index in [2.05, 4.69) is 71.2 Å². The minimum absolute atomic E-state index is 0.254. The van der Waals surface area contributed by atoms with Gasteiger partial charge in [0.1, 0.15) is 0 Å². The van der Waals surface area contributed by atoms with E-state index in [4.69, 9.17) is 0 Å². The van der Waals surface area contributed by atoms with Crippen LogP contribution in [0.5, 0.6) is 0 Å². The van der Waals surface area contributed by atoms with Gasteiger partial charge in [0.2, 0.25) is 0 Å². The predicted molar refractivity (Wildman–Crippen MR) is 81.1 cm³/mol. The number of aryl methyl sites for hydroxylation is 1. The minimum atomic E-state index is 0.254. The average Bonchev–Trinajstić information content (AvgIpc) is 2.29. The zero-order valence-corrected chi connectivity index (χ0v) is 12.9. The number of benzene rings is 1. The first-order valence-electron chi connectivity index (χ1n) is 7.11. The molecule has 18 heavy (non-hydrogen) atoms. The number of rotatable bonds is 5. The predicted octanol–water partition coefficient (Wildman–Crippen LogP) is 4.16. The monoisotopic (exact) mass is 247 g/mol. The molecule has 0 saturated heterocycles. The molecule has 102 valence electrons. The lowest BCUT2D eigenvalue weighted by atomic mass is 9.86. The first-order valence-corrected chi connectivity index (χ1v) is 7.11. The summed E-state index contributed by atoms with van der Waals surface area (Å²) in [6.45, 7) is 11.3.